The standard InChI is InChI=1S/C14H11BrF3NO3/c1-2-21-13(20)11-10(7-15)12(22-19-11)8-3-5-9(6-4-8)14(16,17)18/h3-6H,2,7H2,1H3. The van der Waals surface area contributed by atoms with E-state index in [1.165, 1.54) is 12.1 Å². The zero-order valence-corrected chi connectivity index (χ0v) is 13.0. The first-order valence-electron chi connectivity index (χ1n) is 6.27. The lowest BCUT2D eigenvalue weighted by molar-refractivity contribution is -0.137. The highest BCUT2D eigenvalue weighted by atomic mass is 79.9. The average Bonchev–Trinajstić information content (AvgIpc) is 2.90. The topological polar surface area (TPSA) is 52.3 Å². The largest absolute Gasteiger partial charge is 0.461 e. The second-order valence-corrected chi connectivity index (χ2v) is 4.83. The Morgan fingerprint density at radius 3 is 2.45 bits per heavy atom. The molecule has 2 aromatic rings. The van der Waals surface area contributed by atoms with E-state index in [2.05, 4.69) is 21.1 Å². The number of rotatable bonds is 4. The monoisotopic (exact) mass is 377 g/mol. The highest BCUT2D eigenvalue weighted by Crippen LogP contribution is 2.33. The number of carbonyl (C=O) groups excluding carboxylic acids is 1. The van der Waals surface area contributed by atoms with Crippen molar-refractivity contribution in [2.75, 3.05) is 6.61 Å². The summed E-state index contributed by atoms with van der Waals surface area (Å²) >= 11 is 3.21. The normalized spacial score (nSPS) is 11.5. The molecule has 1 aromatic carbocycles. The summed E-state index contributed by atoms with van der Waals surface area (Å²) in [5.41, 5.74) is 0.0686. The SMILES string of the molecule is CCOC(=O)c1noc(-c2ccc(C(F)(F)F)cc2)c1CBr. The van der Waals surface area contributed by atoms with Gasteiger partial charge < -0.3 is 9.26 Å². The third kappa shape index (κ3) is 3.32. The van der Waals surface area contributed by atoms with Gasteiger partial charge in [-0.05, 0) is 19.1 Å². The molecular weight excluding hydrogens is 367 g/mol. The molecule has 0 aliphatic carbocycles. The van der Waals surface area contributed by atoms with E-state index in [0.717, 1.165) is 12.1 Å². The minimum Gasteiger partial charge on any atom is -0.461 e. The van der Waals surface area contributed by atoms with E-state index in [4.69, 9.17) is 9.26 Å². The lowest BCUT2D eigenvalue weighted by Gasteiger charge is -2.07. The molecule has 0 spiro atoms. The molecule has 0 aliphatic rings. The highest BCUT2D eigenvalue weighted by Gasteiger charge is 2.30. The van der Waals surface area contributed by atoms with Gasteiger partial charge in [0.1, 0.15) is 0 Å². The number of ether oxygens (including phenoxy) is 1. The molecule has 0 saturated carbocycles. The number of carbonyl (C=O) groups is 1. The summed E-state index contributed by atoms with van der Waals surface area (Å²) in [5, 5.41) is 3.90. The van der Waals surface area contributed by atoms with Crippen LogP contribution in [-0.4, -0.2) is 17.7 Å². The molecule has 0 amide bonds. The first kappa shape index (κ1) is 16.5. The molecule has 118 valence electrons. The summed E-state index contributed by atoms with van der Waals surface area (Å²) < 4.78 is 47.6. The van der Waals surface area contributed by atoms with Gasteiger partial charge in [-0.25, -0.2) is 4.79 Å². The van der Waals surface area contributed by atoms with Crippen LogP contribution in [0.4, 0.5) is 13.2 Å². The average molecular weight is 378 g/mol. The third-order valence-electron chi connectivity index (χ3n) is 2.86. The lowest BCUT2D eigenvalue weighted by Crippen LogP contribution is -2.07. The number of hydrogen-bond acceptors (Lipinski definition) is 4. The Labute approximate surface area is 132 Å². The van der Waals surface area contributed by atoms with Crippen LogP contribution in [0.3, 0.4) is 0 Å². The van der Waals surface area contributed by atoms with Crippen LogP contribution in [0.1, 0.15) is 28.5 Å². The molecule has 0 saturated heterocycles. The molecule has 0 bridgehead atoms. The van der Waals surface area contributed by atoms with Crippen LogP contribution in [0.25, 0.3) is 11.3 Å². The zero-order valence-electron chi connectivity index (χ0n) is 11.4. The molecule has 4 nitrogen and oxygen atoms in total. The lowest BCUT2D eigenvalue weighted by atomic mass is 10.1. The van der Waals surface area contributed by atoms with Crippen molar-refractivity contribution in [1.29, 1.82) is 0 Å². The van der Waals surface area contributed by atoms with Crippen LogP contribution in [0.5, 0.6) is 0 Å². The molecule has 0 radical (unpaired) electrons. The molecule has 22 heavy (non-hydrogen) atoms. The number of benzene rings is 1. The Bertz CT molecular complexity index is 665. The van der Waals surface area contributed by atoms with Gasteiger partial charge in [-0.1, -0.05) is 33.2 Å². The number of esters is 1. The highest BCUT2D eigenvalue weighted by molar-refractivity contribution is 9.08. The minimum absolute atomic E-state index is 0.00798. The van der Waals surface area contributed by atoms with Crippen molar-refractivity contribution in [3.63, 3.8) is 0 Å². The molecule has 0 unspecified atom stereocenters. The summed E-state index contributed by atoms with van der Waals surface area (Å²) in [6.45, 7) is 1.84. The second-order valence-electron chi connectivity index (χ2n) is 4.27. The van der Waals surface area contributed by atoms with Crippen LogP contribution in [0.15, 0.2) is 28.8 Å². The summed E-state index contributed by atoms with van der Waals surface area (Å²) in [7, 11) is 0. The summed E-state index contributed by atoms with van der Waals surface area (Å²) in [6.07, 6.45) is -4.41. The molecule has 2 rings (SSSR count). The van der Waals surface area contributed by atoms with Gasteiger partial charge in [-0.15, -0.1) is 0 Å². The maximum Gasteiger partial charge on any atom is 0.416 e. The molecule has 8 heteroatoms. The van der Waals surface area contributed by atoms with E-state index in [-0.39, 0.29) is 23.4 Å². The Hall–Kier alpha value is -1.83. The van der Waals surface area contributed by atoms with Gasteiger partial charge in [-0.3, -0.25) is 0 Å². The smallest absolute Gasteiger partial charge is 0.416 e. The number of halogens is 4. The molecule has 1 aromatic heterocycles. The Morgan fingerprint density at radius 2 is 1.95 bits per heavy atom. The number of alkyl halides is 4. The quantitative estimate of drug-likeness (QED) is 0.584. The van der Waals surface area contributed by atoms with E-state index in [1.807, 2.05) is 0 Å². The molecule has 0 N–H and O–H groups in total. The molecule has 0 aliphatic heterocycles. The molecule has 0 fully saturated rings. The second kappa shape index (κ2) is 6.51. The van der Waals surface area contributed by atoms with Crippen molar-refractivity contribution in [2.45, 2.75) is 18.4 Å². The fourth-order valence-electron chi connectivity index (χ4n) is 1.83. The van der Waals surface area contributed by atoms with Gasteiger partial charge in [0.25, 0.3) is 0 Å². The van der Waals surface area contributed by atoms with Gasteiger partial charge in [-0.2, -0.15) is 13.2 Å². The Kier molecular flexibility index (Phi) is 4.90. The van der Waals surface area contributed by atoms with Crippen molar-refractivity contribution >= 4 is 21.9 Å². The maximum absolute atomic E-state index is 12.6. The number of nitrogens with zero attached hydrogens (tertiary/aromatic N) is 1. The van der Waals surface area contributed by atoms with E-state index in [0.29, 0.717) is 11.1 Å². The van der Waals surface area contributed by atoms with Crippen LogP contribution in [0.2, 0.25) is 0 Å². The Morgan fingerprint density at radius 1 is 1.32 bits per heavy atom. The summed E-state index contributed by atoms with van der Waals surface area (Å²) in [6, 6.07) is 4.43. The predicted octanol–water partition coefficient (Wildman–Crippen LogP) is 4.43. The number of aromatic nitrogens is 1. The van der Waals surface area contributed by atoms with Crippen LogP contribution < -0.4 is 0 Å². The summed E-state index contributed by atoms with van der Waals surface area (Å²) in [5.74, 6) is -0.410. The first-order chi connectivity index (χ1) is 10.4. The van der Waals surface area contributed by atoms with Crippen LogP contribution in [0, 0.1) is 0 Å². The van der Waals surface area contributed by atoms with Crippen LogP contribution >= 0.6 is 15.9 Å². The van der Waals surface area contributed by atoms with Gasteiger partial charge in [0.05, 0.1) is 12.2 Å². The van der Waals surface area contributed by atoms with E-state index in [9.17, 15) is 18.0 Å². The van der Waals surface area contributed by atoms with Crippen molar-refractivity contribution < 1.29 is 27.2 Å². The maximum atomic E-state index is 12.6. The first-order valence-corrected chi connectivity index (χ1v) is 7.39. The molecule has 0 atom stereocenters. The summed E-state index contributed by atoms with van der Waals surface area (Å²) in [4.78, 5) is 11.7. The van der Waals surface area contributed by atoms with E-state index < -0.39 is 17.7 Å². The van der Waals surface area contributed by atoms with Gasteiger partial charge >= 0.3 is 12.1 Å². The van der Waals surface area contributed by atoms with Crippen molar-refractivity contribution in [3.8, 4) is 11.3 Å². The van der Waals surface area contributed by atoms with Crippen LogP contribution in [-0.2, 0) is 16.2 Å². The zero-order chi connectivity index (χ0) is 16.3. The Balaban J connectivity index is 2.39. The fraction of sp³-hybridized carbons (Fsp3) is 0.286. The van der Waals surface area contributed by atoms with Gasteiger partial charge in [0, 0.05) is 16.5 Å². The van der Waals surface area contributed by atoms with Gasteiger partial charge in [0.2, 0.25) is 0 Å². The van der Waals surface area contributed by atoms with Gasteiger partial charge in [0.15, 0.2) is 11.5 Å². The fourth-order valence-corrected chi connectivity index (χ4v) is 2.35. The molecule has 1 heterocycles. The van der Waals surface area contributed by atoms with Crippen molar-refractivity contribution in [1.82, 2.24) is 5.16 Å². The van der Waals surface area contributed by atoms with Crippen molar-refractivity contribution in [3.05, 3.63) is 41.1 Å². The minimum atomic E-state index is -4.41. The molecular formula is C14H11BrF3NO3. The third-order valence-corrected chi connectivity index (χ3v) is 3.43. The van der Waals surface area contributed by atoms with E-state index >= 15 is 0 Å². The predicted molar refractivity (Wildman–Crippen MR) is 75.5 cm³/mol. The number of hydrogen-bond donors (Lipinski definition) is 0. The van der Waals surface area contributed by atoms with E-state index in [1.54, 1.807) is 6.92 Å². The van der Waals surface area contributed by atoms with Crippen molar-refractivity contribution in [2.24, 2.45) is 0 Å².